The summed E-state index contributed by atoms with van der Waals surface area (Å²) in [7, 11) is 0. The number of hydrogen-bond acceptors (Lipinski definition) is 4. The van der Waals surface area contributed by atoms with Crippen molar-refractivity contribution >= 4 is 11.8 Å². The summed E-state index contributed by atoms with van der Waals surface area (Å²) in [6.07, 6.45) is 1.60. The van der Waals surface area contributed by atoms with Crippen LogP contribution < -0.4 is 11.2 Å². The van der Waals surface area contributed by atoms with E-state index >= 15 is 0 Å². The Morgan fingerprint density at radius 1 is 1.32 bits per heavy atom. The maximum absolute atomic E-state index is 12.8. The Labute approximate surface area is 110 Å². The van der Waals surface area contributed by atoms with Crippen LogP contribution in [-0.2, 0) is 4.79 Å². The molecule has 1 heterocycles. The molecule has 0 radical (unpaired) electrons. The van der Waals surface area contributed by atoms with E-state index in [0.717, 1.165) is 31.5 Å². The monoisotopic (exact) mass is 265 g/mol. The fourth-order valence-corrected chi connectivity index (χ4v) is 2.09. The highest BCUT2D eigenvalue weighted by Gasteiger charge is 2.28. The first-order chi connectivity index (χ1) is 9.09. The average molecular weight is 265 g/mol. The number of rotatable bonds is 2. The third-order valence-corrected chi connectivity index (χ3v) is 3.19. The number of amides is 2. The Morgan fingerprint density at radius 3 is 2.58 bits per heavy atom. The Bertz CT molecular complexity index is 469. The van der Waals surface area contributed by atoms with Gasteiger partial charge in [-0.05, 0) is 43.7 Å². The van der Waals surface area contributed by atoms with Gasteiger partial charge in [0.2, 0.25) is 5.91 Å². The van der Waals surface area contributed by atoms with Crippen molar-refractivity contribution in [1.82, 2.24) is 10.3 Å². The lowest BCUT2D eigenvalue weighted by molar-refractivity contribution is -0.133. The van der Waals surface area contributed by atoms with E-state index < -0.39 is 17.6 Å². The van der Waals surface area contributed by atoms with E-state index in [4.69, 9.17) is 5.84 Å². The molecule has 3 N–H and O–H groups in total. The van der Waals surface area contributed by atoms with Crippen LogP contribution in [0.25, 0.3) is 0 Å². The predicted molar refractivity (Wildman–Crippen MR) is 67.4 cm³/mol. The second-order valence-electron chi connectivity index (χ2n) is 4.56. The van der Waals surface area contributed by atoms with Gasteiger partial charge < -0.3 is 5.32 Å². The van der Waals surface area contributed by atoms with Gasteiger partial charge in [-0.25, -0.2) is 15.2 Å². The molecule has 1 aliphatic rings. The van der Waals surface area contributed by atoms with Gasteiger partial charge in [0.25, 0.3) is 5.91 Å². The van der Waals surface area contributed by atoms with Crippen molar-refractivity contribution in [3.05, 3.63) is 35.6 Å². The van der Waals surface area contributed by atoms with Crippen LogP contribution in [0.2, 0.25) is 0 Å². The lowest BCUT2D eigenvalue weighted by atomic mass is 9.98. The third-order valence-electron chi connectivity index (χ3n) is 3.19. The molecule has 1 aromatic rings. The van der Waals surface area contributed by atoms with Crippen LogP contribution in [0.15, 0.2) is 24.3 Å². The summed E-state index contributed by atoms with van der Waals surface area (Å²) < 4.78 is 12.8. The number of hydrazine groups is 1. The van der Waals surface area contributed by atoms with Crippen LogP contribution in [0.1, 0.15) is 23.2 Å². The smallest absolute Gasteiger partial charge is 0.274 e. The van der Waals surface area contributed by atoms with Crippen molar-refractivity contribution in [2.75, 3.05) is 13.1 Å². The molecule has 0 spiro atoms. The fourth-order valence-electron chi connectivity index (χ4n) is 2.09. The number of carbonyl (C=O) groups is 2. The molecule has 1 aromatic carbocycles. The van der Waals surface area contributed by atoms with E-state index in [-0.39, 0.29) is 11.5 Å². The van der Waals surface area contributed by atoms with Crippen LogP contribution in [0.4, 0.5) is 4.39 Å². The quantitative estimate of drug-likeness (QED) is 0.357. The van der Waals surface area contributed by atoms with Crippen LogP contribution >= 0.6 is 0 Å². The molecular formula is C13H16FN3O2. The highest BCUT2D eigenvalue weighted by molar-refractivity contribution is 6.04. The van der Waals surface area contributed by atoms with E-state index in [0.29, 0.717) is 11.6 Å². The summed E-state index contributed by atoms with van der Waals surface area (Å²) in [6.45, 7) is 1.41. The van der Waals surface area contributed by atoms with E-state index in [1.54, 1.807) is 0 Å². The molecule has 2 amide bonds. The van der Waals surface area contributed by atoms with E-state index in [2.05, 4.69) is 5.32 Å². The minimum absolute atomic E-state index is 0.195. The molecule has 2 rings (SSSR count). The fraction of sp³-hybridized carbons (Fsp3) is 0.385. The van der Waals surface area contributed by atoms with Crippen LogP contribution in [0.3, 0.4) is 0 Å². The molecule has 102 valence electrons. The minimum atomic E-state index is -0.615. The molecule has 0 bridgehead atoms. The summed E-state index contributed by atoms with van der Waals surface area (Å²) in [4.78, 5) is 24.0. The third kappa shape index (κ3) is 3.15. The van der Waals surface area contributed by atoms with Gasteiger partial charge in [0.15, 0.2) is 0 Å². The van der Waals surface area contributed by atoms with Gasteiger partial charge >= 0.3 is 0 Å². The Hall–Kier alpha value is -1.79. The van der Waals surface area contributed by atoms with Crippen molar-refractivity contribution < 1.29 is 14.0 Å². The zero-order chi connectivity index (χ0) is 13.8. The standard InChI is InChI=1S/C13H16FN3O2/c14-11-5-3-9(4-6-11)12(18)17(15)13(19)10-2-1-7-16-8-10/h3-6,10,16H,1-2,7-8,15H2. The molecule has 0 aromatic heterocycles. The van der Waals surface area contributed by atoms with Crippen LogP contribution in [0, 0.1) is 11.7 Å². The molecule has 1 unspecified atom stereocenters. The van der Waals surface area contributed by atoms with Crippen molar-refractivity contribution in [1.29, 1.82) is 0 Å². The SMILES string of the molecule is NN(C(=O)c1ccc(F)cc1)C(=O)C1CCCNC1. The molecule has 6 heteroatoms. The number of nitrogens with two attached hydrogens (primary N) is 1. The molecule has 19 heavy (non-hydrogen) atoms. The van der Waals surface area contributed by atoms with Gasteiger partial charge in [-0.1, -0.05) is 0 Å². The summed E-state index contributed by atoms with van der Waals surface area (Å²) in [5.41, 5.74) is 0.195. The first-order valence-electron chi connectivity index (χ1n) is 6.19. The predicted octanol–water partition coefficient (Wildman–Crippen LogP) is 0.668. The summed E-state index contributed by atoms with van der Waals surface area (Å²) in [6, 6.07) is 4.94. The van der Waals surface area contributed by atoms with Crippen molar-refractivity contribution in [3.8, 4) is 0 Å². The number of benzene rings is 1. The van der Waals surface area contributed by atoms with Gasteiger partial charge in [0.05, 0.1) is 5.92 Å². The normalized spacial score (nSPS) is 18.9. The molecule has 0 aliphatic carbocycles. The molecule has 5 nitrogen and oxygen atoms in total. The number of hydrogen-bond donors (Lipinski definition) is 2. The highest BCUT2D eigenvalue weighted by atomic mass is 19.1. The molecule has 1 aliphatic heterocycles. The van der Waals surface area contributed by atoms with E-state index in [1.807, 2.05) is 0 Å². The van der Waals surface area contributed by atoms with Crippen molar-refractivity contribution in [2.45, 2.75) is 12.8 Å². The molecular weight excluding hydrogens is 249 g/mol. The molecule has 1 fully saturated rings. The largest absolute Gasteiger partial charge is 0.316 e. The lowest BCUT2D eigenvalue weighted by Gasteiger charge is -2.25. The van der Waals surface area contributed by atoms with Gasteiger partial charge in [-0.3, -0.25) is 9.59 Å². The van der Waals surface area contributed by atoms with Gasteiger partial charge in [-0.15, -0.1) is 0 Å². The van der Waals surface area contributed by atoms with Gasteiger partial charge in [0.1, 0.15) is 5.82 Å². The number of nitrogens with zero attached hydrogens (tertiary/aromatic N) is 1. The average Bonchev–Trinajstić information content (AvgIpc) is 2.46. The molecule has 1 atom stereocenters. The second-order valence-corrected chi connectivity index (χ2v) is 4.56. The van der Waals surface area contributed by atoms with Crippen molar-refractivity contribution in [3.63, 3.8) is 0 Å². The van der Waals surface area contributed by atoms with E-state index in [9.17, 15) is 14.0 Å². The van der Waals surface area contributed by atoms with Gasteiger partial charge in [-0.2, -0.15) is 0 Å². The maximum atomic E-state index is 12.8. The topological polar surface area (TPSA) is 75.4 Å². The Kier molecular flexibility index (Phi) is 4.24. The second kappa shape index (κ2) is 5.90. The highest BCUT2D eigenvalue weighted by Crippen LogP contribution is 2.14. The minimum Gasteiger partial charge on any atom is -0.316 e. The zero-order valence-corrected chi connectivity index (χ0v) is 10.4. The molecule has 0 saturated carbocycles. The number of halogens is 1. The van der Waals surface area contributed by atoms with Crippen LogP contribution in [0.5, 0.6) is 0 Å². The maximum Gasteiger partial charge on any atom is 0.274 e. The molecule has 1 saturated heterocycles. The van der Waals surface area contributed by atoms with Gasteiger partial charge in [0, 0.05) is 12.1 Å². The van der Waals surface area contributed by atoms with Crippen molar-refractivity contribution in [2.24, 2.45) is 11.8 Å². The van der Waals surface area contributed by atoms with Crippen LogP contribution in [-0.4, -0.2) is 29.9 Å². The van der Waals surface area contributed by atoms with E-state index in [1.165, 1.54) is 12.1 Å². The summed E-state index contributed by atoms with van der Waals surface area (Å²) >= 11 is 0. The Morgan fingerprint density at radius 2 is 2.00 bits per heavy atom. The zero-order valence-electron chi connectivity index (χ0n) is 10.4. The summed E-state index contributed by atoms with van der Waals surface area (Å²) in [5.74, 6) is 3.84. The first kappa shape index (κ1) is 13.6. The number of carbonyl (C=O) groups excluding carboxylic acids is 2. The summed E-state index contributed by atoms with van der Waals surface area (Å²) in [5, 5.41) is 3.72. The number of piperidine rings is 1. The number of imide groups is 1. The Balaban J connectivity index is 2.05. The first-order valence-corrected chi connectivity index (χ1v) is 6.19. The number of nitrogens with one attached hydrogen (secondary N) is 1. The lowest BCUT2D eigenvalue weighted by Crippen LogP contribution is -2.49.